The standard InChI is InChI=1S/C46H36Cl4F6N8O6/c1-5-25-26(6-2)32(58-44(70)40(22(4)66)64-62-34-12-8-10-28(38(34)50)42(68)60-36-20-24(48)14-16-30(36)46(54,55)56)18-17-31(25)57-43(69)39(21(3)65)63-61-33-11-7-9-27(37(33)49)41(67)59-35-19-23(47)13-15-29(35)45(51,52)53/h7-20,39-40H,5-6H2,1-4H3,(H,57,69)(H,58,70)(H,59,67)(H,60,68). The van der Waals surface area contributed by atoms with Crippen molar-refractivity contribution in [2.24, 2.45) is 20.5 Å². The molecule has 0 saturated carbocycles. The smallest absolute Gasteiger partial charge is 0.323 e. The summed E-state index contributed by atoms with van der Waals surface area (Å²) in [7, 11) is 0. The number of benzene rings is 5. The molecule has 0 spiro atoms. The lowest BCUT2D eigenvalue weighted by molar-refractivity contribution is -0.137. The van der Waals surface area contributed by atoms with Crippen molar-refractivity contribution in [3.05, 3.63) is 138 Å². The van der Waals surface area contributed by atoms with Crippen molar-refractivity contribution in [1.29, 1.82) is 0 Å². The number of azo groups is 2. The van der Waals surface area contributed by atoms with Gasteiger partial charge in [-0.25, -0.2) is 0 Å². The van der Waals surface area contributed by atoms with E-state index in [9.17, 15) is 55.1 Å². The second-order valence-electron chi connectivity index (χ2n) is 14.8. The van der Waals surface area contributed by atoms with Crippen LogP contribution in [0.15, 0.2) is 105 Å². The number of carbonyl (C=O) groups is 6. The number of hydrogen-bond donors (Lipinski definition) is 4. The fraction of sp³-hybridized carbons (Fsp3) is 0.217. The minimum Gasteiger partial charge on any atom is -0.323 e. The van der Waals surface area contributed by atoms with E-state index in [1.165, 1.54) is 48.5 Å². The highest BCUT2D eigenvalue weighted by Crippen LogP contribution is 2.39. The number of amides is 4. The van der Waals surface area contributed by atoms with Gasteiger partial charge in [0.15, 0.2) is 11.6 Å². The van der Waals surface area contributed by atoms with Crippen LogP contribution in [0.4, 0.5) is 60.5 Å². The maximum Gasteiger partial charge on any atom is 0.418 e. The van der Waals surface area contributed by atoms with Crippen LogP contribution in [0.2, 0.25) is 20.1 Å². The lowest BCUT2D eigenvalue weighted by atomic mass is 9.98. The Morgan fingerprint density at radius 3 is 1.19 bits per heavy atom. The van der Waals surface area contributed by atoms with Crippen LogP contribution < -0.4 is 21.3 Å². The normalized spacial score (nSPS) is 12.7. The van der Waals surface area contributed by atoms with Gasteiger partial charge in [0.2, 0.25) is 12.1 Å². The Bertz CT molecular complexity index is 2770. The zero-order chi connectivity index (χ0) is 51.8. The van der Waals surface area contributed by atoms with Gasteiger partial charge in [0.25, 0.3) is 23.6 Å². The van der Waals surface area contributed by atoms with Gasteiger partial charge in [0, 0.05) is 21.4 Å². The molecular weight excluding hydrogens is 1020 g/mol. The van der Waals surface area contributed by atoms with Crippen LogP contribution in [0.5, 0.6) is 0 Å². The van der Waals surface area contributed by atoms with Gasteiger partial charge in [0.1, 0.15) is 11.4 Å². The topological polar surface area (TPSA) is 200 Å². The third-order valence-electron chi connectivity index (χ3n) is 10.00. The van der Waals surface area contributed by atoms with E-state index in [0.717, 1.165) is 38.1 Å². The maximum absolute atomic E-state index is 13.6. The van der Waals surface area contributed by atoms with Gasteiger partial charge in [-0.05, 0) is 111 Å². The van der Waals surface area contributed by atoms with E-state index < -0.39 is 82.1 Å². The van der Waals surface area contributed by atoms with E-state index in [1.807, 2.05) is 0 Å². The first-order chi connectivity index (χ1) is 32.9. The van der Waals surface area contributed by atoms with Crippen molar-refractivity contribution in [3.63, 3.8) is 0 Å². The minimum absolute atomic E-state index is 0.0841. The molecule has 2 unspecified atom stereocenters. The molecule has 366 valence electrons. The molecule has 2 atom stereocenters. The Morgan fingerprint density at radius 1 is 0.514 bits per heavy atom. The number of Topliss-reactive ketones (excluding diaryl/α,β-unsaturated/α-hetero) is 2. The van der Waals surface area contributed by atoms with Crippen LogP contribution in [0.3, 0.4) is 0 Å². The zero-order valence-corrected chi connectivity index (χ0v) is 39.7. The summed E-state index contributed by atoms with van der Waals surface area (Å²) in [5.74, 6) is -5.52. The van der Waals surface area contributed by atoms with E-state index in [1.54, 1.807) is 13.8 Å². The third kappa shape index (κ3) is 13.1. The number of anilines is 4. The Kier molecular flexibility index (Phi) is 17.6. The largest absolute Gasteiger partial charge is 0.418 e. The molecule has 0 radical (unpaired) electrons. The summed E-state index contributed by atoms with van der Waals surface area (Å²) in [6.45, 7) is 5.62. The third-order valence-corrected chi connectivity index (χ3v) is 11.3. The van der Waals surface area contributed by atoms with Gasteiger partial charge >= 0.3 is 12.4 Å². The molecule has 0 heterocycles. The van der Waals surface area contributed by atoms with Crippen molar-refractivity contribution >= 4 is 116 Å². The second kappa shape index (κ2) is 22.8. The van der Waals surface area contributed by atoms with Crippen LogP contribution in [0.25, 0.3) is 0 Å². The van der Waals surface area contributed by atoms with E-state index >= 15 is 0 Å². The molecule has 0 aromatic heterocycles. The highest BCUT2D eigenvalue weighted by molar-refractivity contribution is 6.37. The molecule has 0 fully saturated rings. The Balaban J connectivity index is 1.33. The molecule has 5 aromatic carbocycles. The molecule has 70 heavy (non-hydrogen) atoms. The van der Waals surface area contributed by atoms with E-state index in [0.29, 0.717) is 23.3 Å². The van der Waals surface area contributed by atoms with Gasteiger partial charge in [-0.2, -0.15) is 46.8 Å². The van der Waals surface area contributed by atoms with Gasteiger partial charge in [-0.15, -0.1) is 0 Å². The number of nitrogens with one attached hydrogen (secondary N) is 4. The van der Waals surface area contributed by atoms with Crippen molar-refractivity contribution in [2.75, 3.05) is 21.3 Å². The number of hydrogen-bond acceptors (Lipinski definition) is 10. The Morgan fingerprint density at radius 2 is 0.871 bits per heavy atom. The minimum atomic E-state index is -4.83. The molecule has 4 amide bonds. The zero-order valence-electron chi connectivity index (χ0n) is 36.7. The number of carbonyl (C=O) groups excluding carboxylic acids is 6. The van der Waals surface area contributed by atoms with Crippen molar-refractivity contribution in [2.45, 2.75) is 65.0 Å². The van der Waals surface area contributed by atoms with Gasteiger partial charge in [-0.1, -0.05) is 72.4 Å². The number of ketones is 2. The quantitative estimate of drug-likeness (QED) is 0.0430. The first-order valence-electron chi connectivity index (χ1n) is 20.4. The average molecular weight is 1050 g/mol. The molecule has 0 aliphatic heterocycles. The van der Waals surface area contributed by atoms with Crippen LogP contribution >= 0.6 is 46.4 Å². The number of nitrogens with zero attached hydrogens (tertiary/aromatic N) is 4. The number of halogens is 10. The van der Waals surface area contributed by atoms with Crippen molar-refractivity contribution in [3.8, 4) is 0 Å². The molecule has 5 aromatic rings. The summed E-state index contributed by atoms with van der Waals surface area (Å²) >= 11 is 24.6. The van der Waals surface area contributed by atoms with Gasteiger partial charge in [0.05, 0.1) is 43.7 Å². The monoisotopic (exact) mass is 1050 g/mol. The fourth-order valence-electron chi connectivity index (χ4n) is 6.67. The summed E-state index contributed by atoms with van der Waals surface area (Å²) in [6.07, 6.45) is -9.13. The van der Waals surface area contributed by atoms with Crippen LogP contribution in [-0.2, 0) is 44.4 Å². The molecule has 0 saturated heterocycles. The molecular formula is C46H36Cl4F6N8O6. The highest BCUT2D eigenvalue weighted by atomic mass is 35.5. The summed E-state index contributed by atoms with van der Waals surface area (Å²) in [5.41, 5.74) is -3.22. The van der Waals surface area contributed by atoms with Crippen LogP contribution in [-0.4, -0.2) is 47.3 Å². The van der Waals surface area contributed by atoms with Gasteiger partial charge in [-0.3, -0.25) is 28.8 Å². The van der Waals surface area contributed by atoms with E-state index in [-0.39, 0.29) is 66.8 Å². The van der Waals surface area contributed by atoms with Crippen molar-refractivity contribution in [1.82, 2.24) is 0 Å². The summed E-state index contributed by atoms with van der Waals surface area (Å²) in [4.78, 5) is 78.9. The molecule has 14 nitrogen and oxygen atoms in total. The summed E-state index contributed by atoms with van der Waals surface area (Å²) in [6, 6.07) is 12.1. The van der Waals surface area contributed by atoms with Crippen LogP contribution in [0, 0.1) is 0 Å². The predicted octanol–water partition coefficient (Wildman–Crippen LogP) is 13.3. The van der Waals surface area contributed by atoms with E-state index in [4.69, 9.17) is 46.4 Å². The van der Waals surface area contributed by atoms with Gasteiger partial charge < -0.3 is 21.3 Å². The van der Waals surface area contributed by atoms with Crippen LogP contribution in [0.1, 0.15) is 70.7 Å². The highest BCUT2D eigenvalue weighted by Gasteiger charge is 2.36. The first-order valence-corrected chi connectivity index (χ1v) is 21.9. The van der Waals surface area contributed by atoms with Crippen molar-refractivity contribution < 1.29 is 55.1 Å². The summed E-state index contributed by atoms with van der Waals surface area (Å²) in [5, 5.41) is 24.2. The second-order valence-corrected chi connectivity index (χ2v) is 16.5. The van der Waals surface area contributed by atoms with E-state index in [2.05, 4.69) is 41.7 Å². The number of rotatable bonds is 16. The Hall–Kier alpha value is -6.74. The summed E-state index contributed by atoms with van der Waals surface area (Å²) < 4.78 is 81.7. The molecule has 0 bridgehead atoms. The molecule has 4 N–H and O–H groups in total. The molecule has 0 aliphatic rings. The lowest BCUT2D eigenvalue weighted by Crippen LogP contribution is -2.33. The Labute approximate surface area is 414 Å². The average Bonchev–Trinajstić information content (AvgIpc) is 3.26. The lowest BCUT2D eigenvalue weighted by Gasteiger charge is -2.20. The predicted molar refractivity (Wildman–Crippen MR) is 252 cm³/mol. The fourth-order valence-corrected chi connectivity index (χ4v) is 7.52. The first kappa shape index (κ1) is 54.2. The molecule has 5 rings (SSSR count). The molecule has 0 aliphatic carbocycles. The molecule has 24 heteroatoms. The number of alkyl halides is 6. The maximum atomic E-state index is 13.6. The SMILES string of the molecule is CCc1c(NC(=O)C(N=Nc2cccc(C(=O)Nc3cc(Cl)ccc3C(F)(F)F)c2Cl)C(C)=O)ccc(NC(=O)C(N=Nc2cccc(C(=O)Nc3cc(Cl)ccc3C(F)(F)F)c2Cl)C(C)=O)c1CC.